The van der Waals surface area contributed by atoms with Crippen LogP contribution in [-0.2, 0) is 14.3 Å². The molecule has 0 aromatic carbocycles. The van der Waals surface area contributed by atoms with Gasteiger partial charge in [0.2, 0.25) is 0 Å². The molecule has 0 aromatic heterocycles. The molecule has 0 saturated heterocycles. The van der Waals surface area contributed by atoms with E-state index in [9.17, 15) is 9.59 Å². The van der Waals surface area contributed by atoms with Crippen LogP contribution >= 0.6 is 0 Å². The van der Waals surface area contributed by atoms with Crippen molar-refractivity contribution in [2.75, 3.05) is 6.61 Å². The van der Waals surface area contributed by atoms with Crippen LogP contribution in [0.4, 0.5) is 0 Å². The molecule has 4 nitrogen and oxygen atoms in total. The molecule has 0 bridgehead atoms. The lowest BCUT2D eigenvalue weighted by Crippen LogP contribution is -2.41. The fourth-order valence-corrected chi connectivity index (χ4v) is 0.769. The second kappa shape index (κ2) is 5.71. The van der Waals surface area contributed by atoms with Crippen LogP contribution in [0.25, 0.3) is 0 Å². The molecule has 70 valence electrons. The predicted octanol–water partition coefficient (Wildman–Crippen LogP) is 0.115. The van der Waals surface area contributed by atoms with Crippen LogP contribution in [0, 0.1) is 0 Å². The largest absolute Gasteiger partial charge is 0.465 e. The summed E-state index contributed by atoms with van der Waals surface area (Å²) < 4.78 is 4.73. The van der Waals surface area contributed by atoms with Crippen molar-refractivity contribution in [3.63, 3.8) is 0 Å². The summed E-state index contributed by atoms with van der Waals surface area (Å²) in [6, 6.07) is -0.741. The molecule has 0 spiro atoms. The minimum absolute atomic E-state index is 0.315. The highest BCUT2D eigenvalue weighted by molar-refractivity contribution is 5.75. The smallest absolute Gasteiger partial charge is 0.322 e. The number of hydrogen-bond acceptors (Lipinski definition) is 4. The number of aldehydes is 1. The van der Waals surface area contributed by atoms with E-state index in [-0.39, 0.29) is 12.0 Å². The van der Waals surface area contributed by atoms with E-state index in [2.05, 4.69) is 5.32 Å². The highest BCUT2D eigenvalue weighted by Crippen LogP contribution is 1.89. The van der Waals surface area contributed by atoms with Gasteiger partial charge in [-0.2, -0.15) is 0 Å². The second-order valence-electron chi connectivity index (χ2n) is 2.57. The lowest BCUT2D eigenvalue weighted by Gasteiger charge is -2.13. The quantitative estimate of drug-likeness (QED) is 0.473. The maximum atomic E-state index is 11.0. The summed E-state index contributed by atoms with van der Waals surface area (Å²) in [4.78, 5) is 21.2. The number of esters is 1. The van der Waals surface area contributed by atoms with Gasteiger partial charge in [-0.1, -0.05) is 0 Å². The number of nitrogens with one attached hydrogen (secondary N) is 1. The van der Waals surface area contributed by atoms with Crippen LogP contribution < -0.4 is 5.32 Å². The molecule has 4 heteroatoms. The average Bonchev–Trinajstić information content (AvgIpc) is 2.04. The van der Waals surface area contributed by atoms with Crippen LogP contribution in [-0.4, -0.2) is 30.9 Å². The van der Waals surface area contributed by atoms with Crippen LogP contribution in [0.15, 0.2) is 0 Å². The third kappa shape index (κ3) is 4.08. The minimum atomic E-state index is -0.426. The first-order valence-corrected chi connectivity index (χ1v) is 3.99. The van der Waals surface area contributed by atoms with Crippen LogP contribution in [0.5, 0.6) is 0 Å². The van der Waals surface area contributed by atoms with Crippen molar-refractivity contribution in [2.24, 2.45) is 0 Å². The van der Waals surface area contributed by atoms with Crippen molar-refractivity contribution in [1.82, 2.24) is 5.32 Å². The molecule has 1 N–H and O–H groups in total. The van der Waals surface area contributed by atoms with Crippen LogP contribution in [0.1, 0.15) is 20.8 Å². The Bertz CT molecular complexity index is 158. The first kappa shape index (κ1) is 11.1. The highest BCUT2D eigenvalue weighted by Gasteiger charge is 2.15. The Morgan fingerprint density at radius 1 is 1.58 bits per heavy atom. The Labute approximate surface area is 72.3 Å². The molecule has 0 radical (unpaired) electrons. The summed E-state index contributed by atoms with van der Waals surface area (Å²) in [6.07, 6.45) is 0.746. The van der Waals surface area contributed by atoms with E-state index in [0.29, 0.717) is 6.61 Å². The molecule has 0 amide bonds. The molecular formula is C8H15NO3. The molecular weight excluding hydrogens is 158 g/mol. The van der Waals surface area contributed by atoms with Gasteiger partial charge < -0.3 is 9.53 Å². The molecule has 0 aromatic rings. The molecule has 0 rings (SSSR count). The van der Waals surface area contributed by atoms with Gasteiger partial charge in [0.05, 0.1) is 12.6 Å². The summed E-state index contributed by atoms with van der Waals surface area (Å²) in [5.41, 5.74) is 0. The van der Waals surface area contributed by atoms with E-state index in [1.807, 2.05) is 0 Å². The van der Waals surface area contributed by atoms with Gasteiger partial charge >= 0.3 is 5.97 Å². The van der Waals surface area contributed by atoms with Gasteiger partial charge in [-0.25, -0.2) is 0 Å². The van der Waals surface area contributed by atoms with Crippen LogP contribution in [0.3, 0.4) is 0 Å². The normalized spacial score (nSPS) is 14.9. The maximum Gasteiger partial charge on any atom is 0.322 e. The summed E-state index contributed by atoms with van der Waals surface area (Å²) in [5.74, 6) is -0.328. The molecule has 2 atom stereocenters. The SMILES string of the molecule is CCOC(=O)C(C)NC(C)C=O. The van der Waals surface area contributed by atoms with Gasteiger partial charge in [-0.15, -0.1) is 0 Å². The zero-order valence-corrected chi connectivity index (χ0v) is 7.66. The number of carbonyl (C=O) groups is 2. The fourth-order valence-electron chi connectivity index (χ4n) is 0.769. The van der Waals surface area contributed by atoms with Gasteiger partial charge in [-0.05, 0) is 20.8 Å². The summed E-state index contributed by atoms with van der Waals surface area (Å²) in [6.45, 7) is 5.45. The number of rotatable bonds is 5. The van der Waals surface area contributed by atoms with E-state index >= 15 is 0 Å². The number of hydrogen-bond donors (Lipinski definition) is 1. The third-order valence-corrected chi connectivity index (χ3v) is 1.36. The van der Waals surface area contributed by atoms with E-state index in [1.165, 1.54) is 0 Å². The van der Waals surface area contributed by atoms with Crippen molar-refractivity contribution in [3.8, 4) is 0 Å². The molecule has 0 heterocycles. The lowest BCUT2D eigenvalue weighted by atomic mass is 10.3. The van der Waals surface area contributed by atoms with Gasteiger partial charge in [0.25, 0.3) is 0 Å². The molecule has 0 aliphatic carbocycles. The second-order valence-corrected chi connectivity index (χ2v) is 2.57. The molecule has 12 heavy (non-hydrogen) atoms. The van der Waals surface area contributed by atoms with Crippen molar-refractivity contribution >= 4 is 12.3 Å². The van der Waals surface area contributed by atoms with Crippen molar-refractivity contribution in [3.05, 3.63) is 0 Å². The molecule has 2 unspecified atom stereocenters. The third-order valence-electron chi connectivity index (χ3n) is 1.36. The zero-order valence-electron chi connectivity index (χ0n) is 7.66. The lowest BCUT2D eigenvalue weighted by molar-refractivity contribution is -0.145. The Hall–Kier alpha value is -0.900. The van der Waals surface area contributed by atoms with Crippen molar-refractivity contribution in [2.45, 2.75) is 32.9 Å². The number of ether oxygens (including phenoxy) is 1. The average molecular weight is 173 g/mol. The topological polar surface area (TPSA) is 55.4 Å². The minimum Gasteiger partial charge on any atom is -0.465 e. The maximum absolute atomic E-state index is 11.0. The first-order chi connectivity index (χ1) is 5.61. The zero-order chi connectivity index (χ0) is 9.56. The van der Waals surface area contributed by atoms with Gasteiger partial charge in [0, 0.05) is 0 Å². The summed E-state index contributed by atoms with van der Waals surface area (Å²) in [7, 11) is 0. The van der Waals surface area contributed by atoms with Crippen LogP contribution in [0.2, 0.25) is 0 Å². The van der Waals surface area contributed by atoms with E-state index in [0.717, 1.165) is 6.29 Å². The predicted molar refractivity (Wildman–Crippen MR) is 44.8 cm³/mol. The number of carbonyl (C=O) groups excluding carboxylic acids is 2. The Balaban J connectivity index is 3.77. The standard InChI is InChI=1S/C8H15NO3/c1-4-12-8(11)7(3)9-6(2)5-10/h5-7,9H,4H2,1-3H3. The molecule has 0 aliphatic rings. The van der Waals surface area contributed by atoms with Gasteiger partial charge in [-0.3, -0.25) is 10.1 Å². The van der Waals surface area contributed by atoms with E-state index in [4.69, 9.17) is 4.74 Å². The van der Waals surface area contributed by atoms with Crippen molar-refractivity contribution < 1.29 is 14.3 Å². The molecule has 0 fully saturated rings. The van der Waals surface area contributed by atoms with E-state index < -0.39 is 6.04 Å². The summed E-state index contributed by atoms with van der Waals surface area (Å²) >= 11 is 0. The Morgan fingerprint density at radius 3 is 2.58 bits per heavy atom. The van der Waals surface area contributed by atoms with Crippen molar-refractivity contribution in [1.29, 1.82) is 0 Å². The fraction of sp³-hybridized carbons (Fsp3) is 0.750. The Morgan fingerprint density at radius 2 is 2.17 bits per heavy atom. The van der Waals surface area contributed by atoms with Gasteiger partial charge in [0.15, 0.2) is 0 Å². The summed E-state index contributed by atoms with van der Waals surface area (Å²) in [5, 5.41) is 2.77. The Kier molecular flexibility index (Phi) is 5.28. The highest BCUT2D eigenvalue weighted by atomic mass is 16.5. The molecule has 0 saturated carbocycles. The monoisotopic (exact) mass is 173 g/mol. The molecule has 0 aliphatic heterocycles. The van der Waals surface area contributed by atoms with Gasteiger partial charge in [0.1, 0.15) is 12.3 Å². The first-order valence-electron chi connectivity index (χ1n) is 3.99. The van der Waals surface area contributed by atoms with E-state index in [1.54, 1.807) is 20.8 Å².